The summed E-state index contributed by atoms with van der Waals surface area (Å²) in [4.78, 5) is 30.3. The van der Waals surface area contributed by atoms with Crippen molar-refractivity contribution in [1.82, 2.24) is 5.32 Å². The molecule has 0 spiro atoms. The number of hydrogen-bond donors (Lipinski definition) is 1. The quantitative estimate of drug-likeness (QED) is 0.317. The van der Waals surface area contributed by atoms with Crippen molar-refractivity contribution in [3.63, 3.8) is 0 Å². The summed E-state index contributed by atoms with van der Waals surface area (Å²) < 4.78 is 25.9. The average molecular weight is 541 g/mol. The van der Waals surface area contributed by atoms with Crippen molar-refractivity contribution in [3.8, 4) is 11.5 Å². The van der Waals surface area contributed by atoms with E-state index in [0.717, 1.165) is 15.4 Å². The van der Waals surface area contributed by atoms with Gasteiger partial charge in [-0.05, 0) is 61.0 Å². The van der Waals surface area contributed by atoms with E-state index >= 15 is 0 Å². The lowest BCUT2D eigenvalue weighted by atomic mass is 10.1. The van der Waals surface area contributed by atoms with Crippen LogP contribution in [0.4, 0.5) is 10.1 Å². The van der Waals surface area contributed by atoms with Crippen molar-refractivity contribution in [3.05, 3.63) is 113 Å². The Morgan fingerprint density at radius 2 is 1.72 bits per heavy atom. The molecule has 2 aliphatic rings. The number of benzene rings is 4. The molecule has 2 amide bonds. The van der Waals surface area contributed by atoms with E-state index in [9.17, 15) is 14.0 Å². The number of anilines is 1. The summed E-state index contributed by atoms with van der Waals surface area (Å²) >= 11 is 1.46. The fourth-order valence-corrected chi connectivity index (χ4v) is 5.77. The van der Waals surface area contributed by atoms with Crippen LogP contribution in [0.15, 0.2) is 94.7 Å². The van der Waals surface area contributed by atoms with Gasteiger partial charge < -0.3 is 19.7 Å². The zero-order chi connectivity index (χ0) is 26.9. The molecule has 1 N–H and O–H groups in total. The molecule has 0 aromatic heterocycles. The summed E-state index contributed by atoms with van der Waals surface area (Å²) in [6.45, 7) is 2.92. The van der Waals surface area contributed by atoms with Crippen molar-refractivity contribution in [1.29, 1.82) is 0 Å². The molecule has 2 aliphatic heterocycles. The Bertz CT molecular complexity index is 1590. The van der Waals surface area contributed by atoms with E-state index in [1.165, 1.54) is 17.8 Å². The summed E-state index contributed by atoms with van der Waals surface area (Å²) in [7, 11) is 0. The predicted molar refractivity (Wildman–Crippen MR) is 147 cm³/mol. The topological polar surface area (TPSA) is 67.9 Å². The second kappa shape index (κ2) is 10.5. The van der Waals surface area contributed by atoms with E-state index in [0.29, 0.717) is 47.1 Å². The van der Waals surface area contributed by atoms with Gasteiger partial charge in [0.15, 0.2) is 11.5 Å². The maximum Gasteiger partial charge on any atom is 0.259 e. The first kappa shape index (κ1) is 25.0. The Morgan fingerprint density at radius 1 is 0.949 bits per heavy atom. The smallest absolute Gasteiger partial charge is 0.259 e. The molecular weight excluding hydrogens is 515 g/mol. The second-order valence-corrected chi connectivity index (χ2v) is 10.4. The van der Waals surface area contributed by atoms with Crippen molar-refractivity contribution < 1.29 is 23.5 Å². The molecule has 4 aromatic rings. The molecule has 0 aliphatic carbocycles. The van der Waals surface area contributed by atoms with Gasteiger partial charge in [0, 0.05) is 20.9 Å². The number of amides is 2. The highest BCUT2D eigenvalue weighted by Gasteiger charge is 2.29. The number of fused-ring (bicyclic) bond motifs is 3. The first-order valence-corrected chi connectivity index (χ1v) is 13.5. The molecule has 0 saturated carbocycles. The third-order valence-corrected chi connectivity index (χ3v) is 7.94. The molecule has 8 heteroatoms. The number of rotatable bonds is 5. The van der Waals surface area contributed by atoms with Crippen LogP contribution in [0.2, 0.25) is 0 Å². The average Bonchev–Trinajstić information content (AvgIpc) is 3.07. The fraction of sp³-hybridized carbons (Fsp3) is 0.161. The van der Waals surface area contributed by atoms with Gasteiger partial charge in [-0.25, -0.2) is 4.39 Å². The highest BCUT2D eigenvalue weighted by molar-refractivity contribution is 7.99. The van der Waals surface area contributed by atoms with Crippen LogP contribution >= 0.6 is 11.8 Å². The zero-order valence-electron chi connectivity index (χ0n) is 21.1. The molecular formula is C31H25FN2O4S. The van der Waals surface area contributed by atoms with Gasteiger partial charge in [-0.2, -0.15) is 0 Å². The molecule has 0 fully saturated rings. The summed E-state index contributed by atoms with van der Waals surface area (Å²) in [5, 5.41) is 3.04. The van der Waals surface area contributed by atoms with E-state index in [2.05, 4.69) is 5.32 Å². The summed E-state index contributed by atoms with van der Waals surface area (Å²) in [6.07, 6.45) is 0. The summed E-state index contributed by atoms with van der Waals surface area (Å²) in [5.41, 5.74) is 2.77. The van der Waals surface area contributed by atoms with Crippen molar-refractivity contribution >= 4 is 29.3 Å². The van der Waals surface area contributed by atoms with E-state index in [-0.39, 0.29) is 30.2 Å². The van der Waals surface area contributed by atoms with Crippen LogP contribution in [0.3, 0.4) is 0 Å². The highest BCUT2D eigenvalue weighted by atomic mass is 32.2. The Kier molecular flexibility index (Phi) is 6.70. The first-order chi connectivity index (χ1) is 19.0. The molecule has 4 aromatic carbocycles. The molecule has 0 saturated heterocycles. The molecule has 2 heterocycles. The molecule has 0 radical (unpaired) electrons. The van der Waals surface area contributed by atoms with Gasteiger partial charge in [0.2, 0.25) is 0 Å². The lowest BCUT2D eigenvalue weighted by Crippen LogP contribution is -2.31. The van der Waals surface area contributed by atoms with Crippen LogP contribution in [0, 0.1) is 5.82 Å². The normalized spacial score (nSPS) is 14.6. The molecule has 1 atom stereocenters. The van der Waals surface area contributed by atoms with Crippen LogP contribution in [-0.2, 0) is 6.54 Å². The lowest BCUT2D eigenvalue weighted by Gasteiger charge is -2.24. The number of hydrogen-bond acceptors (Lipinski definition) is 5. The van der Waals surface area contributed by atoms with Crippen LogP contribution in [0.1, 0.15) is 44.8 Å². The van der Waals surface area contributed by atoms with Crippen LogP contribution in [-0.4, -0.2) is 25.0 Å². The van der Waals surface area contributed by atoms with Crippen LogP contribution in [0.25, 0.3) is 0 Å². The maximum atomic E-state index is 14.6. The van der Waals surface area contributed by atoms with Gasteiger partial charge in [-0.1, -0.05) is 48.2 Å². The first-order valence-electron chi connectivity index (χ1n) is 12.6. The molecule has 0 bridgehead atoms. The van der Waals surface area contributed by atoms with E-state index in [1.54, 1.807) is 41.3 Å². The predicted octanol–water partition coefficient (Wildman–Crippen LogP) is 6.40. The zero-order valence-corrected chi connectivity index (χ0v) is 22.0. The molecule has 0 unspecified atom stereocenters. The third-order valence-electron chi connectivity index (χ3n) is 6.79. The summed E-state index contributed by atoms with van der Waals surface area (Å²) in [6, 6.07) is 24.4. The van der Waals surface area contributed by atoms with Gasteiger partial charge in [0.05, 0.1) is 23.8 Å². The number of carbonyl (C=O) groups excluding carboxylic acids is 2. The Hall–Kier alpha value is -4.30. The molecule has 196 valence electrons. The monoisotopic (exact) mass is 540 g/mol. The Morgan fingerprint density at radius 3 is 2.56 bits per heavy atom. The molecule has 39 heavy (non-hydrogen) atoms. The number of nitrogens with zero attached hydrogens (tertiary/aromatic N) is 1. The SMILES string of the molecule is C[C@@H](NC(=O)c1ccc2c(c1)N(Cc1ccccc1F)C(=O)c1ccccc1S2)c1ccc2c(c1)OCCO2. The standard InChI is InChI=1S/C31H25FN2O4S/c1-19(20-10-12-26-27(17-20)38-15-14-37-26)33-30(35)21-11-13-29-25(16-21)34(18-22-6-2-4-8-24(22)32)31(36)23-7-3-5-9-28(23)39-29/h2-13,16-17,19H,14-15,18H2,1H3,(H,33,35)/t19-/m1/s1. The minimum absolute atomic E-state index is 0.0338. The fourth-order valence-electron chi connectivity index (χ4n) is 4.71. The van der Waals surface area contributed by atoms with Crippen LogP contribution < -0.4 is 19.7 Å². The highest BCUT2D eigenvalue weighted by Crippen LogP contribution is 2.42. The third kappa shape index (κ3) is 4.95. The van der Waals surface area contributed by atoms with Gasteiger partial charge in [-0.15, -0.1) is 0 Å². The Balaban J connectivity index is 1.32. The molecule has 6 rings (SSSR count). The number of nitrogens with one attached hydrogen (secondary N) is 1. The van der Waals surface area contributed by atoms with Crippen molar-refractivity contribution in [2.24, 2.45) is 0 Å². The lowest BCUT2D eigenvalue weighted by molar-refractivity contribution is 0.0937. The minimum Gasteiger partial charge on any atom is -0.486 e. The second-order valence-electron chi connectivity index (χ2n) is 9.36. The van der Waals surface area contributed by atoms with Crippen molar-refractivity contribution in [2.45, 2.75) is 29.3 Å². The minimum atomic E-state index is -0.390. The summed E-state index contributed by atoms with van der Waals surface area (Å²) in [5.74, 6) is 0.419. The number of halogens is 1. The van der Waals surface area contributed by atoms with E-state index < -0.39 is 0 Å². The van der Waals surface area contributed by atoms with Gasteiger partial charge >= 0.3 is 0 Å². The van der Waals surface area contributed by atoms with Crippen LogP contribution in [0.5, 0.6) is 11.5 Å². The van der Waals surface area contributed by atoms with Gasteiger partial charge in [-0.3, -0.25) is 9.59 Å². The van der Waals surface area contributed by atoms with Crippen molar-refractivity contribution in [2.75, 3.05) is 18.1 Å². The van der Waals surface area contributed by atoms with Gasteiger partial charge in [0.1, 0.15) is 19.0 Å². The Labute approximate surface area is 229 Å². The largest absolute Gasteiger partial charge is 0.486 e. The van der Waals surface area contributed by atoms with E-state index in [1.807, 2.05) is 49.4 Å². The number of ether oxygens (including phenoxy) is 2. The number of carbonyl (C=O) groups is 2. The molecule has 6 nitrogen and oxygen atoms in total. The maximum absolute atomic E-state index is 14.6. The van der Waals surface area contributed by atoms with E-state index in [4.69, 9.17) is 9.47 Å². The van der Waals surface area contributed by atoms with Gasteiger partial charge in [0.25, 0.3) is 11.8 Å².